The van der Waals surface area contributed by atoms with Crippen molar-refractivity contribution in [2.45, 2.75) is 0 Å². The van der Waals surface area contributed by atoms with Crippen LogP contribution >= 0.6 is 0 Å². The summed E-state index contributed by atoms with van der Waals surface area (Å²) >= 11 is 0. The van der Waals surface area contributed by atoms with Crippen LogP contribution in [0, 0.1) is 0 Å². The first-order valence-corrected chi connectivity index (χ1v) is 18.6. The Balaban J connectivity index is 0.976. The van der Waals surface area contributed by atoms with Gasteiger partial charge in [0.05, 0.1) is 33.1 Å². The van der Waals surface area contributed by atoms with Crippen LogP contribution in [0.15, 0.2) is 186 Å². The normalized spacial score (nSPS) is 12.0. The van der Waals surface area contributed by atoms with Crippen molar-refractivity contribution in [2.75, 3.05) is 0 Å². The average molecular weight is 703 g/mol. The van der Waals surface area contributed by atoms with E-state index in [0.717, 1.165) is 61.1 Å². The molecular weight excluding hydrogens is 673 g/mol. The standard InChI is InChI=1S/C50H30N4O/c1-3-11-35(12-4-1)53-44-17-9-7-15-37(44)39-27-31(20-24-46(39)53)33-22-26-48-41(29-33)49-50(55-48)52-42-23-19-34(30-43(42)51-49)32-21-25-47-40(28-32)38-16-8-10-18-45(38)54(47)36-13-5-2-6-14-36/h1-30H. The van der Waals surface area contributed by atoms with Crippen LogP contribution < -0.4 is 0 Å². The fourth-order valence-electron chi connectivity index (χ4n) is 8.57. The maximum absolute atomic E-state index is 6.30. The van der Waals surface area contributed by atoms with Crippen molar-refractivity contribution in [3.63, 3.8) is 0 Å². The molecule has 0 N–H and O–H groups in total. The van der Waals surface area contributed by atoms with Crippen molar-refractivity contribution in [1.82, 2.24) is 19.1 Å². The fourth-order valence-corrected chi connectivity index (χ4v) is 8.57. The minimum atomic E-state index is 0.545. The number of benzene rings is 8. The number of aromatic nitrogens is 4. The molecule has 12 aromatic rings. The SMILES string of the molecule is c1ccc(-n2c3ccccc3c3cc(-c4ccc5nc6oc7ccc(-c8ccc9c(c8)c8ccccc8n9-c8ccccc8)cc7c6nc5c4)ccc32)cc1. The van der Waals surface area contributed by atoms with Gasteiger partial charge in [-0.15, -0.1) is 0 Å². The number of rotatable bonds is 4. The first-order valence-electron chi connectivity index (χ1n) is 18.6. The number of furan rings is 1. The first kappa shape index (κ1) is 30.0. The van der Waals surface area contributed by atoms with Gasteiger partial charge in [0.1, 0.15) is 11.1 Å². The van der Waals surface area contributed by atoms with Gasteiger partial charge in [-0.1, -0.05) is 97.1 Å². The molecule has 55 heavy (non-hydrogen) atoms. The lowest BCUT2D eigenvalue weighted by molar-refractivity contribution is 0.655. The average Bonchev–Trinajstić information content (AvgIpc) is 3.89. The quantitative estimate of drug-likeness (QED) is 0.183. The van der Waals surface area contributed by atoms with Crippen LogP contribution in [0.2, 0.25) is 0 Å². The van der Waals surface area contributed by atoms with Crippen molar-refractivity contribution in [3.05, 3.63) is 182 Å². The van der Waals surface area contributed by atoms with E-state index in [9.17, 15) is 0 Å². The maximum atomic E-state index is 6.30. The Morgan fingerprint density at radius 2 is 0.818 bits per heavy atom. The number of hydrogen-bond acceptors (Lipinski definition) is 3. The molecule has 0 spiro atoms. The van der Waals surface area contributed by atoms with Crippen molar-refractivity contribution >= 4 is 76.8 Å². The Morgan fingerprint density at radius 3 is 1.42 bits per heavy atom. The molecule has 0 amide bonds. The Morgan fingerprint density at radius 1 is 0.345 bits per heavy atom. The predicted molar refractivity (Wildman–Crippen MR) is 226 cm³/mol. The molecule has 4 heterocycles. The molecule has 256 valence electrons. The Bertz CT molecular complexity index is 3480. The van der Waals surface area contributed by atoms with E-state index in [-0.39, 0.29) is 0 Å². The molecule has 0 aliphatic rings. The highest BCUT2D eigenvalue weighted by atomic mass is 16.3. The number of para-hydroxylation sites is 4. The molecule has 0 fully saturated rings. The third-order valence-corrected chi connectivity index (χ3v) is 11.1. The van der Waals surface area contributed by atoms with Gasteiger partial charge >= 0.3 is 0 Å². The van der Waals surface area contributed by atoms with Gasteiger partial charge in [0.2, 0.25) is 5.71 Å². The van der Waals surface area contributed by atoms with E-state index in [1.54, 1.807) is 0 Å². The summed E-state index contributed by atoms with van der Waals surface area (Å²) in [6.45, 7) is 0. The number of nitrogens with zero attached hydrogens (tertiary/aromatic N) is 4. The summed E-state index contributed by atoms with van der Waals surface area (Å²) in [5, 5.41) is 5.85. The minimum absolute atomic E-state index is 0.545. The van der Waals surface area contributed by atoms with E-state index in [0.29, 0.717) is 5.71 Å². The lowest BCUT2D eigenvalue weighted by Gasteiger charge is -2.08. The first-order chi connectivity index (χ1) is 27.2. The smallest absolute Gasteiger partial charge is 0.246 e. The van der Waals surface area contributed by atoms with Gasteiger partial charge in [-0.2, -0.15) is 0 Å². The van der Waals surface area contributed by atoms with Crippen LogP contribution in [0.5, 0.6) is 0 Å². The highest BCUT2D eigenvalue weighted by Crippen LogP contribution is 2.38. The second-order valence-electron chi connectivity index (χ2n) is 14.2. The fraction of sp³-hybridized carbons (Fsp3) is 0. The molecule has 0 unspecified atom stereocenters. The third kappa shape index (κ3) is 4.53. The predicted octanol–water partition coefficient (Wildman–Crippen LogP) is 13.1. The lowest BCUT2D eigenvalue weighted by atomic mass is 10.0. The molecule has 5 nitrogen and oxygen atoms in total. The lowest BCUT2D eigenvalue weighted by Crippen LogP contribution is -1.92. The van der Waals surface area contributed by atoms with Crippen molar-refractivity contribution in [3.8, 4) is 33.6 Å². The molecule has 0 aliphatic heterocycles. The molecule has 12 rings (SSSR count). The van der Waals surface area contributed by atoms with Gasteiger partial charge in [0.15, 0.2) is 0 Å². The Hall–Kier alpha value is -7.50. The number of fused-ring (bicyclic) bond motifs is 10. The minimum Gasteiger partial charge on any atom is -0.436 e. The highest BCUT2D eigenvalue weighted by Gasteiger charge is 2.17. The van der Waals surface area contributed by atoms with Crippen LogP contribution in [-0.4, -0.2) is 19.1 Å². The molecular formula is C50H30N4O. The largest absolute Gasteiger partial charge is 0.436 e. The van der Waals surface area contributed by atoms with Crippen molar-refractivity contribution in [1.29, 1.82) is 0 Å². The summed E-state index contributed by atoms with van der Waals surface area (Å²) in [6.07, 6.45) is 0. The molecule has 0 atom stereocenters. The molecule has 5 heteroatoms. The summed E-state index contributed by atoms with van der Waals surface area (Å²) in [4.78, 5) is 10.2. The molecule has 0 saturated carbocycles. The van der Waals surface area contributed by atoms with Gasteiger partial charge in [-0.25, -0.2) is 9.97 Å². The summed E-state index contributed by atoms with van der Waals surface area (Å²) in [5.74, 6) is 0. The van der Waals surface area contributed by atoms with Crippen LogP contribution in [0.3, 0.4) is 0 Å². The summed E-state index contributed by atoms with van der Waals surface area (Å²) in [6, 6.07) is 64.6. The van der Waals surface area contributed by atoms with E-state index < -0.39 is 0 Å². The van der Waals surface area contributed by atoms with Gasteiger partial charge in [-0.3, -0.25) is 0 Å². The summed E-state index contributed by atoms with van der Waals surface area (Å²) in [7, 11) is 0. The van der Waals surface area contributed by atoms with Crippen LogP contribution in [0.25, 0.3) is 110 Å². The van der Waals surface area contributed by atoms with Crippen LogP contribution in [-0.2, 0) is 0 Å². The molecule has 0 radical (unpaired) electrons. The van der Waals surface area contributed by atoms with E-state index in [1.807, 2.05) is 12.1 Å². The highest BCUT2D eigenvalue weighted by molar-refractivity contribution is 6.12. The summed E-state index contributed by atoms with van der Waals surface area (Å²) < 4.78 is 11.0. The zero-order valence-electron chi connectivity index (χ0n) is 29.5. The number of hydrogen-bond donors (Lipinski definition) is 0. The van der Waals surface area contributed by atoms with Gasteiger partial charge in [0, 0.05) is 38.3 Å². The molecule has 0 aliphatic carbocycles. The second kappa shape index (κ2) is 11.5. The molecule has 0 saturated heterocycles. The van der Waals surface area contributed by atoms with Crippen LogP contribution in [0.1, 0.15) is 0 Å². The Kier molecular flexibility index (Phi) is 6.27. The van der Waals surface area contributed by atoms with Gasteiger partial charge < -0.3 is 13.6 Å². The maximum Gasteiger partial charge on any atom is 0.246 e. The molecule has 8 aromatic carbocycles. The van der Waals surface area contributed by atoms with Gasteiger partial charge in [-0.05, 0) is 107 Å². The third-order valence-electron chi connectivity index (χ3n) is 11.1. The van der Waals surface area contributed by atoms with E-state index in [1.165, 1.54) is 43.6 Å². The van der Waals surface area contributed by atoms with E-state index in [2.05, 4.69) is 179 Å². The van der Waals surface area contributed by atoms with E-state index >= 15 is 0 Å². The monoisotopic (exact) mass is 702 g/mol. The zero-order valence-corrected chi connectivity index (χ0v) is 29.5. The van der Waals surface area contributed by atoms with Gasteiger partial charge in [0.25, 0.3) is 0 Å². The summed E-state index contributed by atoms with van der Waals surface area (Å²) in [5.41, 5.74) is 15.2. The zero-order chi connectivity index (χ0) is 36.0. The topological polar surface area (TPSA) is 48.8 Å². The van der Waals surface area contributed by atoms with Crippen LogP contribution in [0.4, 0.5) is 0 Å². The molecule has 0 bridgehead atoms. The molecule has 4 aromatic heterocycles. The van der Waals surface area contributed by atoms with E-state index in [4.69, 9.17) is 14.4 Å². The second-order valence-corrected chi connectivity index (χ2v) is 14.2. The van der Waals surface area contributed by atoms with Crippen molar-refractivity contribution in [2.24, 2.45) is 0 Å². The Labute approximate surface area is 315 Å². The van der Waals surface area contributed by atoms with Crippen molar-refractivity contribution < 1.29 is 4.42 Å².